The molecule has 4 rings (SSSR count). The fraction of sp³-hybridized carbons (Fsp3) is 0.333. The van der Waals surface area contributed by atoms with E-state index in [0.29, 0.717) is 43.6 Å². The molecule has 0 saturated carbocycles. The lowest BCUT2D eigenvalue weighted by atomic mass is 10.0. The topological polar surface area (TPSA) is 67.5 Å². The predicted molar refractivity (Wildman–Crippen MR) is 122 cm³/mol. The Kier molecular flexibility index (Phi) is 6.59. The lowest BCUT2D eigenvalue weighted by Gasteiger charge is -2.28. The minimum absolute atomic E-state index is 0.0667. The number of fused-ring (bicyclic) bond motifs is 1. The zero-order chi connectivity index (χ0) is 21.8. The quantitative estimate of drug-likeness (QED) is 0.589. The van der Waals surface area contributed by atoms with Crippen LogP contribution in [-0.2, 0) is 19.5 Å². The minimum atomic E-state index is -0.0667. The molecule has 162 valence electrons. The maximum Gasteiger partial charge on any atom is 0.254 e. The number of hydrogen-bond acceptors (Lipinski definition) is 5. The highest BCUT2D eigenvalue weighted by molar-refractivity contribution is 6.30. The zero-order valence-electron chi connectivity index (χ0n) is 17.8. The Labute approximate surface area is 186 Å². The van der Waals surface area contributed by atoms with E-state index in [0.717, 1.165) is 40.4 Å². The number of rotatable bonds is 7. The first-order valence-electron chi connectivity index (χ1n) is 10.6. The summed E-state index contributed by atoms with van der Waals surface area (Å²) in [5.41, 5.74) is 3.42. The highest BCUT2D eigenvalue weighted by Crippen LogP contribution is 2.28. The zero-order valence-corrected chi connectivity index (χ0v) is 18.5. The molecule has 1 aliphatic rings. The van der Waals surface area contributed by atoms with Crippen molar-refractivity contribution in [3.05, 3.63) is 74.7 Å². The van der Waals surface area contributed by atoms with Gasteiger partial charge in [0.1, 0.15) is 17.3 Å². The molecule has 1 N–H and O–H groups in total. The first-order chi connectivity index (χ1) is 15.1. The molecule has 0 spiro atoms. The van der Waals surface area contributed by atoms with Gasteiger partial charge in [-0.1, -0.05) is 11.6 Å². The van der Waals surface area contributed by atoms with Crippen LogP contribution in [0.3, 0.4) is 0 Å². The molecule has 0 fully saturated rings. The minimum Gasteiger partial charge on any atom is -0.494 e. The summed E-state index contributed by atoms with van der Waals surface area (Å²) in [6.07, 6.45) is 0.660. The lowest BCUT2D eigenvalue weighted by molar-refractivity contribution is 0.234. The van der Waals surface area contributed by atoms with Crippen LogP contribution in [0.25, 0.3) is 11.4 Å². The van der Waals surface area contributed by atoms with E-state index in [-0.39, 0.29) is 5.56 Å². The molecular formula is C24H26ClN3O3. The molecule has 0 atom stereocenters. The van der Waals surface area contributed by atoms with Crippen molar-refractivity contribution in [2.75, 3.05) is 19.8 Å². The number of benzene rings is 2. The van der Waals surface area contributed by atoms with Crippen LogP contribution in [0, 0.1) is 0 Å². The van der Waals surface area contributed by atoms with E-state index in [1.54, 1.807) is 12.1 Å². The normalized spacial score (nSPS) is 13.6. The van der Waals surface area contributed by atoms with Crippen molar-refractivity contribution in [1.29, 1.82) is 0 Å². The number of halogens is 1. The van der Waals surface area contributed by atoms with Crippen LogP contribution >= 0.6 is 11.6 Å². The van der Waals surface area contributed by atoms with Gasteiger partial charge in [-0.3, -0.25) is 9.69 Å². The van der Waals surface area contributed by atoms with Gasteiger partial charge in [0.2, 0.25) is 0 Å². The van der Waals surface area contributed by atoms with Crippen LogP contribution in [0.5, 0.6) is 11.5 Å². The Balaban J connectivity index is 1.59. The smallest absolute Gasteiger partial charge is 0.254 e. The largest absolute Gasteiger partial charge is 0.494 e. The maximum absolute atomic E-state index is 12.7. The van der Waals surface area contributed by atoms with Crippen molar-refractivity contribution in [3.8, 4) is 22.9 Å². The van der Waals surface area contributed by atoms with Crippen LogP contribution in [0.2, 0.25) is 5.02 Å². The number of hydrogen-bond donors (Lipinski definition) is 1. The Morgan fingerprint density at radius 1 is 1.10 bits per heavy atom. The lowest BCUT2D eigenvalue weighted by Crippen LogP contribution is -2.35. The number of aromatic amines is 1. The van der Waals surface area contributed by atoms with Crippen molar-refractivity contribution in [2.24, 2.45) is 0 Å². The number of ether oxygens (including phenoxy) is 2. The predicted octanol–water partition coefficient (Wildman–Crippen LogP) is 4.45. The molecule has 2 aromatic carbocycles. The number of H-pyrrole nitrogens is 1. The molecule has 0 radical (unpaired) electrons. The molecular weight excluding hydrogens is 414 g/mol. The summed E-state index contributed by atoms with van der Waals surface area (Å²) in [4.78, 5) is 22.6. The van der Waals surface area contributed by atoms with E-state index in [4.69, 9.17) is 26.1 Å². The summed E-state index contributed by atoms with van der Waals surface area (Å²) < 4.78 is 11.5. The van der Waals surface area contributed by atoms with Crippen molar-refractivity contribution in [2.45, 2.75) is 33.4 Å². The number of aromatic nitrogens is 2. The molecule has 1 aliphatic heterocycles. The van der Waals surface area contributed by atoms with E-state index in [1.807, 2.05) is 44.2 Å². The van der Waals surface area contributed by atoms with E-state index < -0.39 is 0 Å². The number of nitrogens with one attached hydrogen (secondary N) is 1. The highest BCUT2D eigenvalue weighted by Gasteiger charge is 2.22. The van der Waals surface area contributed by atoms with Crippen molar-refractivity contribution in [3.63, 3.8) is 0 Å². The summed E-state index contributed by atoms with van der Waals surface area (Å²) in [5.74, 6) is 2.26. The SMILES string of the molecule is CCOc1ccc(OCC)c(CN2CCc3c(nc(-c4ccc(Cl)cc4)[nH]c3=O)C2)c1. The van der Waals surface area contributed by atoms with Gasteiger partial charge in [-0.05, 0) is 62.7 Å². The van der Waals surface area contributed by atoms with Gasteiger partial charge in [0, 0.05) is 41.3 Å². The van der Waals surface area contributed by atoms with Gasteiger partial charge >= 0.3 is 0 Å². The summed E-state index contributed by atoms with van der Waals surface area (Å²) in [6, 6.07) is 13.2. The summed E-state index contributed by atoms with van der Waals surface area (Å²) in [5, 5.41) is 0.648. The third kappa shape index (κ3) is 4.92. The van der Waals surface area contributed by atoms with Gasteiger partial charge in [-0.25, -0.2) is 4.98 Å². The molecule has 6 nitrogen and oxygen atoms in total. The van der Waals surface area contributed by atoms with Crippen LogP contribution < -0.4 is 15.0 Å². The second kappa shape index (κ2) is 9.54. The van der Waals surface area contributed by atoms with Crippen molar-refractivity contribution >= 4 is 11.6 Å². The molecule has 0 unspecified atom stereocenters. The van der Waals surface area contributed by atoms with E-state index >= 15 is 0 Å². The fourth-order valence-corrected chi connectivity index (χ4v) is 3.97. The average Bonchev–Trinajstić information content (AvgIpc) is 2.76. The third-order valence-electron chi connectivity index (χ3n) is 5.31. The third-order valence-corrected chi connectivity index (χ3v) is 5.56. The van der Waals surface area contributed by atoms with E-state index in [2.05, 4.69) is 9.88 Å². The molecule has 1 aromatic heterocycles. The Morgan fingerprint density at radius 2 is 1.87 bits per heavy atom. The van der Waals surface area contributed by atoms with E-state index in [9.17, 15) is 4.79 Å². The fourth-order valence-electron chi connectivity index (χ4n) is 3.85. The van der Waals surface area contributed by atoms with Gasteiger partial charge in [0.15, 0.2) is 0 Å². The summed E-state index contributed by atoms with van der Waals surface area (Å²) in [7, 11) is 0. The summed E-state index contributed by atoms with van der Waals surface area (Å²) in [6.45, 7) is 7.24. The Bertz CT molecular complexity index is 1110. The van der Waals surface area contributed by atoms with Gasteiger partial charge < -0.3 is 14.5 Å². The molecule has 0 saturated heterocycles. The van der Waals surface area contributed by atoms with Crippen molar-refractivity contribution < 1.29 is 9.47 Å². The van der Waals surface area contributed by atoms with Gasteiger partial charge in [0.05, 0.1) is 18.9 Å². The van der Waals surface area contributed by atoms with Gasteiger partial charge in [-0.15, -0.1) is 0 Å². The molecule has 7 heteroatoms. The Hall–Kier alpha value is -2.83. The molecule has 2 heterocycles. The second-order valence-electron chi connectivity index (χ2n) is 7.44. The molecule has 0 amide bonds. The monoisotopic (exact) mass is 439 g/mol. The van der Waals surface area contributed by atoms with Crippen LogP contribution in [0.1, 0.15) is 30.7 Å². The average molecular weight is 440 g/mol. The van der Waals surface area contributed by atoms with Gasteiger partial charge in [0.25, 0.3) is 5.56 Å². The first kappa shape index (κ1) is 21.4. The van der Waals surface area contributed by atoms with E-state index in [1.165, 1.54) is 0 Å². The molecule has 3 aromatic rings. The first-order valence-corrected chi connectivity index (χ1v) is 10.9. The van der Waals surface area contributed by atoms with Gasteiger partial charge in [-0.2, -0.15) is 0 Å². The summed E-state index contributed by atoms with van der Waals surface area (Å²) >= 11 is 5.99. The molecule has 31 heavy (non-hydrogen) atoms. The standard InChI is InChI=1S/C24H26ClN3O3/c1-3-30-19-9-10-22(31-4-2)17(13-19)14-28-12-11-20-21(15-28)26-23(27-24(20)29)16-5-7-18(25)8-6-16/h5-10,13H,3-4,11-12,14-15H2,1-2H3,(H,26,27,29). The van der Waals surface area contributed by atoms with Crippen molar-refractivity contribution in [1.82, 2.24) is 14.9 Å². The molecule has 0 bridgehead atoms. The van der Waals surface area contributed by atoms with Crippen LogP contribution in [-0.4, -0.2) is 34.6 Å². The highest BCUT2D eigenvalue weighted by atomic mass is 35.5. The molecule has 0 aliphatic carbocycles. The van der Waals surface area contributed by atoms with Crippen LogP contribution in [0.15, 0.2) is 47.3 Å². The van der Waals surface area contributed by atoms with Crippen LogP contribution in [0.4, 0.5) is 0 Å². The maximum atomic E-state index is 12.7. The number of nitrogens with zero attached hydrogens (tertiary/aromatic N) is 2. The second-order valence-corrected chi connectivity index (χ2v) is 7.88. The Morgan fingerprint density at radius 3 is 2.61 bits per heavy atom.